The molecule has 9 heteroatoms. The Labute approximate surface area is 195 Å². The normalized spacial score (nSPS) is 12.0. The van der Waals surface area contributed by atoms with Crippen LogP contribution in [0.5, 0.6) is 0 Å². The third-order valence-electron chi connectivity index (χ3n) is 4.95. The third kappa shape index (κ3) is 5.73. The number of nitrogens with zero attached hydrogens (tertiary/aromatic N) is 2. The van der Waals surface area contributed by atoms with E-state index in [-0.39, 0.29) is 4.90 Å². The Morgan fingerprint density at radius 3 is 2.47 bits per heavy atom. The number of sulfonamides is 1. The first-order valence-electron chi connectivity index (χ1n) is 10.6. The zero-order chi connectivity index (χ0) is 23.1. The van der Waals surface area contributed by atoms with Crippen molar-refractivity contribution >= 4 is 50.2 Å². The summed E-state index contributed by atoms with van der Waals surface area (Å²) in [5, 5.41) is 8.41. The lowest BCUT2D eigenvalue weighted by Gasteiger charge is -2.21. The molecule has 2 aromatic carbocycles. The van der Waals surface area contributed by atoms with E-state index >= 15 is 0 Å². The summed E-state index contributed by atoms with van der Waals surface area (Å²) in [5.41, 5.74) is 6.43. The van der Waals surface area contributed by atoms with Crippen molar-refractivity contribution < 1.29 is 8.42 Å². The lowest BCUT2D eigenvalue weighted by atomic mass is 10.2. The second-order valence-electron chi connectivity index (χ2n) is 7.55. The summed E-state index contributed by atoms with van der Waals surface area (Å²) in [6.07, 6.45) is 4.95. The number of anilines is 1. The number of benzene rings is 2. The fourth-order valence-electron chi connectivity index (χ4n) is 3.34. The van der Waals surface area contributed by atoms with Crippen LogP contribution in [0.1, 0.15) is 37.8 Å². The van der Waals surface area contributed by atoms with Crippen molar-refractivity contribution in [3.8, 4) is 0 Å². The number of hydrogen-bond acceptors (Lipinski definition) is 4. The lowest BCUT2D eigenvalue weighted by molar-refractivity contribution is 0.410. The fourth-order valence-corrected chi connectivity index (χ4v) is 5.17. The molecule has 0 bridgehead atoms. The van der Waals surface area contributed by atoms with Crippen LogP contribution in [0, 0.1) is 6.92 Å². The molecule has 3 rings (SSSR count). The number of nitrogens with one attached hydrogen (secondary N) is 3. The molecule has 1 aromatic heterocycles. The molecule has 0 saturated carbocycles. The highest BCUT2D eigenvalue weighted by Crippen LogP contribution is 2.24. The maximum atomic E-state index is 13.1. The van der Waals surface area contributed by atoms with Crippen LogP contribution >= 0.6 is 12.2 Å². The summed E-state index contributed by atoms with van der Waals surface area (Å²) >= 11 is 5.28. The average molecular weight is 472 g/mol. The van der Waals surface area contributed by atoms with Gasteiger partial charge in [0.15, 0.2) is 5.11 Å². The third-order valence-corrected chi connectivity index (χ3v) is 7.04. The van der Waals surface area contributed by atoms with E-state index in [0.29, 0.717) is 18.2 Å². The summed E-state index contributed by atoms with van der Waals surface area (Å²) < 4.78 is 27.8. The average Bonchev–Trinajstić information content (AvgIpc) is 3.17. The zero-order valence-corrected chi connectivity index (χ0v) is 20.2. The second-order valence-corrected chi connectivity index (χ2v) is 9.89. The lowest BCUT2D eigenvalue weighted by Crippen LogP contribution is -2.32. The number of thiocarbonyl (C=S) groups is 1. The van der Waals surface area contributed by atoms with Gasteiger partial charge in [-0.2, -0.15) is 9.41 Å². The highest BCUT2D eigenvalue weighted by Gasteiger charge is 2.23. The van der Waals surface area contributed by atoms with E-state index in [1.54, 1.807) is 34.9 Å². The van der Waals surface area contributed by atoms with Crippen LogP contribution in [0.4, 0.5) is 5.69 Å². The minimum atomic E-state index is -3.55. The highest BCUT2D eigenvalue weighted by molar-refractivity contribution is 7.89. The molecule has 1 heterocycles. The van der Waals surface area contributed by atoms with Gasteiger partial charge in [-0.3, -0.25) is 5.43 Å². The Morgan fingerprint density at radius 1 is 1.12 bits per heavy atom. The quantitative estimate of drug-likeness (QED) is 0.241. The molecule has 3 N–H and O–H groups in total. The predicted molar refractivity (Wildman–Crippen MR) is 136 cm³/mol. The second kappa shape index (κ2) is 10.7. The molecule has 0 aliphatic heterocycles. The molecule has 0 saturated heterocycles. The number of aromatic nitrogens is 1. The first-order valence-corrected chi connectivity index (χ1v) is 12.5. The van der Waals surface area contributed by atoms with Gasteiger partial charge in [-0.05, 0) is 62.3 Å². The Bertz CT molecular complexity index is 1190. The van der Waals surface area contributed by atoms with Gasteiger partial charge in [0.1, 0.15) is 0 Å². The molecular formula is C23H29N5O2S2. The van der Waals surface area contributed by atoms with Crippen molar-refractivity contribution in [2.75, 3.05) is 18.4 Å². The van der Waals surface area contributed by atoms with Crippen LogP contribution in [0.2, 0.25) is 0 Å². The van der Waals surface area contributed by atoms with E-state index in [0.717, 1.165) is 35.0 Å². The van der Waals surface area contributed by atoms with Crippen LogP contribution in [-0.2, 0) is 10.0 Å². The molecule has 0 unspecified atom stereocenters. The first kappa shape index (κ1) is 23.9. The molecular weight excluding hydrogens is 442 g/mol. The summed E-state index contributed by atoms with van der Waals surface area (Å²) in [6, 6.07) is 13.0. The van der Waals surface area contributed by atoms with Crippen molar-refractivity contribution in [2.45, 2.75) is 38.5 Å². The fraction of sp³-hybridized carbons (Fsp3) is 0.304. The molecule has 0 aliphatic rings. The zero-order valence-electron chi connectivity index (χ0n) is 18.6. The number of hydrogen-bond donors (Lipinski definition) is 3. The van der Waals surface area contributed by atoms with Crippen LogP contribution in [0.25, 0.3) is 10.9 Å². The number of aromatic amines is 1. The number of H-pyrrole nitrogens is 1. The van der Waals surface area contributed by atoms with Crippen LogP contribution < -0.4 is 10.7 Å². The summed E-state index contributed by atoms with van der Waals surface area (Å²) in [5.74, 6) is 0. The molecule has 170 valence electrons. The van der Waals surface area contributed by atoms with Gasteiger partial charge in [-0.25, -0.2) is 8.42 Å². The standard InChI is InChI=1S/C23H29N5O2S2/c1-4-12-28(13-5-2)32(29,30)20-10-11-22-21(14-20)18(15-24-22)16-25-27-23(31)26-19-8-6-17(3)7-9-19/h6-11,14-16,24H,4-5,12-13H2,1-3H3,(H2,26,27,31)/b25-16-. The van der Waals surface area contributed by atoms with E-state index in [1.807, 2.05) is 45.0 Å². The van der Waals surface area contributed by atoms with Gasteiger partial charge in [0, 0.05) is 41.4 Å². The predicted octanol–water partition coefficient (Wildman–Crippen LogP) is 4.61. The molecule has 0 atom stereocenters. The van der Waals surface area contributed by atoms with Crippen molar-refractivity contribution in [3.63, 3.8) is 0 Å². The molecule has 7 nitrogen and oxygen atoms in total. The summed E-state index contributed by atoms with van der Waals surface area (Å²) in [7, 11) is -3.55. The van der Waals surface area contributed by atoms with Gasteiger partial charge in [-0.1, -0.05) is 31.5 Å². The van der Waals surface area contributed by atoms with E-state index in [1.165, 1.54) is 5.56 Å². The van der Waals surface area contributed by atoms with Crippen LogP contribution in [-0.4, -0.2) is 42.1 Å². The van der Waals surface area contributed by atoms with E-state index in [2.05, 4.69) is 20.8 Å². The summed E-state index contributed by atoms with van der Waals surface area (Å²) in [6.45, 7) is 6.99. The number of aryl methyl sites for hydroxylation is 1. The van der Waals surface area contributed by atoms with Crippen molar-refractivity contribution in [2.24, 2.45) is 5.10 Å². The van der Waals surface area contributed by atoms with E-state index in [9.17, 15) is 8.42 Å². The van der Waals surface area contributed by atoms with Crippen LogP contribution in [0.15, 0.2) is 58.7 Å². The maximum Gasteiger partial charge on any atom is 0.243 e. The van der Waals surface area contributed by atoms with Crippen LogP contribution in [0.3, 0.4) is 0 Å². The Balaban J connectivity index is 1.76. The molecule has 0 fully saturated rings. The van der Waals surface area contributed by atoms with Gasteiger partial charge >= 0.3 is 0 Å². The molecule has 0 amide bonds. The maximum absolute atomic E-state index is 13.1. The first-order chi connectivity index (χ1) is 15.3. The molecule has 32 heavy (non-hydrogen) atoms. The molecule has 3 aromatic rings. The summed E-state index contributed by atoms with van der Waals surface area (Å²) in [4.78, 5) is 3.44. The topological polar surface area (TPSA) is 89.6 Å². The molecule has 0 radical (unpaired) electrons. The Morgan fingerprint density at radius 2 is 1.81 bits per heavy atom. The molecule has 0 spiro atoms. The molecule has 0 aliphatic carbocycles. The SMILES string of the molecule is CCCN(CCC)S(=O)(=O)c1ccc2[nH]cc(/C=N\NC(=S)Nc3ccc(C)cc3)c2c1. The van der Waals surface area contributed by atoms with Gasteiger partial charge in [0.05, 0.1) is 11.1 Å². The van der Waals surface area contributed by atoms with Crippen molar-refractivity contribution in [3.05, 3.63) is 59.8 Å². The van der Waals surface area contributed by atoms with Gasteiger partial charge in [-0.15, -0.1) is 0 Å². The minimum absolute atomic E-state index is 0.283. The van der Waals surface area contributed by atoms with Gasteiger partial charge < -0.3 is 10.3 Å². The number of fused-ring (bicyclic) bond motifs is 1. The minimum Gasteiger partial charge on any atom is -0.361 e. The van der Waals surface area contributed by atoms with Crippen molar-refractivity contribution in [1.82, 2.24) is 14.7 Å². The highest BCUT2D eigenvalue weighted by atomic mass is 32.2. The van der Waals surface area contributed by atoms with E-state index < -0.39 is 10.0 Å². The largest absolute Gasteiger partial charge is 0.361 e. The Hall–Kier alpha value is -2.75. The monoisotopic (exact) mass is 471 g/mol. The van der Waals surface area contributed by atoms with Crippen molar-refractivity contribution in [1.29, 1.82) is 0 Å². The van der Waals surface area contributed by atoms with Gasteiger partial charge in [0.25, 0.3) is 0 Å². The van der Waals surface area contributed by atoms with Gasteiger partial charge in [0.2, 0.25) is 10.0 Å². The number of hydrazone groups is 1. The Kier molecular flexibility index (Phi) is 8.00. The number of rotatable bonds is 9. The smallest absolute Gasteiger partial charge is 0.243 e. The van der Waals surface area contributed by atoms with E-state index in [4.69, 9.17) is 12.2 Å².